The van der Waals surface area contributed by atoms with Gasteiger partial charge in [-0.25, -0.2) is 0 Å². The number of methoxy groups -OCH3 is 1. The number of allylic oxidation sites excluding steroid dienone is 4. The van der Waals surface area contributed by atoms with E-state index in [0.29, 0.717) is 24.0 Å². The molecular formula is C23H32O4. The van der Waals surface area contributed by atoms with Crippen LogP contribution in [0.1, 0.15) is 66.2 Å². The summed E-state index contributed by atoms with van der Waals surface area (Å²) in [4.78, 5) is 24.5. The van der Waals surface area contributed by atoms with Crippen molar-refractivity contribution in [3.63, 3.8) is 0 Å². The SMILES string of the molecule is COC1=C(C)C2=CC[C@H]3[C@@H]4[C@@H](OC(C)=O)CC(=O)[C@@]4(C)CC[C@@H]3[C@@]2(C)CC1. The van der Waals surface area contributed by atoms with Crippen molar-refractivity contribution >= 4 is 11.8 Å². The van der Waals surface area contributed by atoms with Crippen LogP contribution in [0.15, 0.2) is 23.0 Å². The average Bonchev–Trinajstić information content (AvgIpc) is 2.85. The molecule has 0 N–H and O–H groups in total. The smallest absolute Gasteiger partial charge is 0.302 e. The molecule has 0 saturated heterocycles. The van der Waals surface area contributed by atoms with E-state index in [1.807, 2.05) is 0 Å². The molecule has 148 valence electrons. The Hall–Kier alpha value is -1.58. The van der Waals surface area contributed by atoms with E-state index in [0.717, 1.165) is 37.9 Å². The number of ketones is 1. The number of ether oxygens (including phenoxy) is 2. The zero-order chi connectivity index (χ0) is 19.6. The van der Waals surface area contributed by atoms with Gasteiger partial charge < -0.3 is 9.47 Å². The molecule has 2 saturated carbocycles. The molecule has 0 aromatic heterocycles. The van der Waals surface area contributed by atoms with Crippen LogP contribution in [0, 0.1) is 28.6 Å². The summed E-state index contributed by atoms with van der Waals surface area (Å²) < 4.78 is 11.3. The maximum atomic E-state index is 12.9. The van der Waals surface area contributed by atoms with Crippen molar-refractivity contribution < 1.29 is 19.1 Å². The van der Waals surface area contributed by atoms with Crippen molar-refractivity contribution in [3.8, 4) is 0 Å². The molecule has 2 fully saturated rings. The molecule has 4 nitrogen and oxygen atoms in total. The Kier molecular flexibility index (Phi) is 4.32. The number of Topliss-reactive ketones (excluding diaryl/α,β-unsaturated/α-hetero) is 1. The van der Waals surface area contributed by atoms with Gasteiger partial charge in [-0.15, -0.1) is 0 Å². The first kappa shape index (κ1) is 18.8. The Morgan fingerprint density at radius 3 is 2.63 bits per heavy atom. The molecule has 0 spiro atoms. The molecule has 4 aliphatic carbocycles. The molecule has 0 unspecified atom stereocenters. The fourth-order valence-electron chi connectivity index (χ4n) is 7.10. The monoisotopic (exact) mass is 372 g/mol. The van der Waals surface area contributed by atoms with Crippen molar-refractivity contribution in [1.29, 1.82) is 0 Å². The first-order valence-electron chi connectivity index (χ1n) is 10.4. The lowest BCUT2D eigenvalue weighted by Crippen LogP contribution is -2.52. The number of hydrogen-bond acceptors (Lipinski definition) is 4. The van der Waals surface area contributed by atoms with Crippen molar-refractivity contribution in [3.05, 3.63) is 23.0 Å². The molecule has 0 aromatic rings. The summed E-state index contributed by atoms with van der Waals surface area (Å²) in [6.07, 6.45) is 7.58. The van der Waals surface area contributed by atoms with Crippen molar-refractivity contribution in [2.24, 2.45) is 28.6 Å². The van der Waals surface area contributed by atoms with Gasteiger partial charge in [-0.1, -0.05) is 19.9 Å². The van der Waals surface area contributed by atoms with Gasteiger partial charge in [-0.05, 0) is 61.0 Å². The summed E-state index contributed by atoms with van der Waals surface area (Å²) in [5, 5.41) is 0. The molecule has 0 radical (unpaired) electrons. The van der Waals surface area contributed by atoms with Crippen LogP contribution in [0.3, 0.4) is 0 Å². The van der Waals surface area contributed by atoms with Gasteiger partial charge in [-0.2, -0.15) is 0 Å². The van der Waals surface area contributed by atoms with Gasteiger partial charge in [0.2, 0.25) is 0 Å². The summed E-state index contributed by atoms with van der Waals surface area (Å²) in [6.45, 7) is 8.18. The fraction of sp³-hybridized carbons (Fsp3) is 0.739. The highest BCUT2D eigenvalue weighted by atomic mass is 16.5. The van der Waals surface area contributed by atoms with Crippen molar-refractivity contribution in [2.45, 2.75) is 72.3 Å². The van der Waals surface area contributed by atoms with Gasteiger partial charge in [0.25, 0.3) is 0 Å². The topological polar surface area (TPSA) is 52.6 Å². The third kappa shape index (κ3) is 2.55. The van der Waals surface area contributed by atoms with Gasteiger partial charge in [0, 0.05) is 31.1 Å². The maximum absolute atomic E-state index is 12.9. The molecule has 0 aromatic carbocycles. The molecule has 4 aliphatic rings. The van der Waals surface area contributed by atoms with Crippen LogP contribution in [-0.4, -0.2) is 25.0 Å². The molecule has 0 aliphatic heterocycles. The van der Waals surface area contributed by atoms with Crippen LogP contribution in [0.5, 0.6) is 0 Å². The van der Waals surface area contributed by atoms with Crippen LogP contribution in [0.2, 0.25) is 0 Å². The minimum atomic E-state index is -0.333. The van der Waals surface area contributed by atoms with Gasteiger partial charge >= 0.3 is 5.97 Å². The van der Waals surface area contributed by atoms with Crippen LogP contribution >= 0.6 is 0 Å². The Morgan fingerprint density at radius 1 is 1.22 bits per heavy atom. The lowest BCUT2D eigenvalue weighted by molar-refractivity contribution is -0.154. The highest BCUT2D eigenvalue weighted by Gasteiger charge is 2.62. The number of carbonyl (C=O) groups excluding carboxylic acids is 2. The molecule has 0 heterocycles. The van der Waals surface area contributed by atoms with Crippen LogP contribution in [0.4, 0.5) is 0 Å². The lowest BCUT2D eigenvalue weighted by atomic mass is 9.48. The Bertz CT molecular complexity index is 747. The first-order chi connectivity index (χ1) is 12.7. The van der Waals surface area contributed by atoms with E-state index in [2.05, 4.69) is 26.8 Å². The first-order valence-corrected chi connectivity index (χ1v) is 10.4. The Balaban J connectivity index is 1.74. The standard InChI is InChI=1S/C23H32O4/c1-13-16-7-6-15-17(22(16,3)11-9-18(13)26-5)8-10-23(4)20(25)12-19(21(15)23)27-14(2)24/h7,15,17,19,21H,6,8-12H2,1-5H3/t15-,17+,19+,21-,22+,23-/m1/s1. The second-order valence-corrected chi connectivity index (χ2v) is 9.55. The molecule has 4 rings (SSSR count). The Morgan fingerprint density at radius 2 is 1.96 bits per heavy atom. The largest absolute Gasteiger partial charge is 0.501 e. The maximum Gasteiger partial charge on any atom is 0.302 e. The predicted molar refractivity (Wildman–Crippen MR) is 103 cm³/mol. The van der Waals surface area contributed by atoms with Crippen LogP contribution < -0.4 is 0 Å². The highest BCUT2D eigenvalue weighted by Crippen LogP contribution is 2.64. The second kappa shape index (κ2) is 6.22. The average molecular weight is 373 g/mol. The van der Waals surface area contributed by atoms with Gasteiger partial charge in [-0.3, -0.25) is 9.59 Å². The molecular weight excluding hydrogens is 340 g/mol. The summed E-state index contributed by atoms with van der Waals surface area (Å²) >= 11 is 0. The van der Waals surface area contributed by atoms with E-state index >= 15 is 0 Å². The fourth-order valence-corrected chi connectivity index (χ4v) is 7.10. The minimum absolute atomic E-state index is 0.128. The zero-order valence-electron chi connectivity index (χ0n) is 17.3. The second-order valence-electron chi connectivity index (χ2n) is 9.55. The van der Waals surface area contributed by atoms with E-state index in [1.54, 1.807) is 7.11 Å². The van der Waals surface area contributed by atoms with Crippen molar-refractivity contribution in [2.75, 3.05) is 7.11 Å². The van der Waals surface area contributed by atoms with E-state index in [4.69, 9.17) is 9.47 Å². The zero-order valence-corrected chi connectivity index (χ0v) is 17.3. The number of carbonyl (C=O) groups is 2. The molecule has 27 heavy (non-hydrogen) atoms. The number of hydrogen-bond donors (Lipinski definition) is 0. The van der Waals surface area contributed by atoms with Crippen LogP contribution in [0.25, 0.3) is 0 Å². The number of fused-ring (bicyclic) bond motifs is 5. The number of rotatable bonds is 2. The normalized spacial score (nSPS) is 43.4. The van der Waals surface area contributed by atoms with Gasteiger partial charge in [0.1, 0.15) is 11.9 Å². The van der Waals surface area contributed by atoms with E-state index < -0.39 is 0 Å². The molecule has 6 atom stereocenters. The van der Waals surface area contributed by atoms with Crippen molar-refractivity contribution in [1.82, 2.24) is 0 Å². The molecule has 4 heteroatoms. The summed E-state index contributed by atoms with van der Waals surface area (Å²) in [5.41, 5.74) is 2.55. The predicted octanol–water partition coefficient (Wildman–Crippen LogP) is 4.59. The van der Waals surface area contributed by atoms with Gasteiger partial charge in [0.05, 0.1) is 12.9 Å². The summed E-state index contributed by atoms with van der Waals surface area (Å²) in [5.74, 6) is 2.23. The third-order valence-corrected chi connectivity index (χ3v) is 8.40. The van der Waals surface area contributed by atoms with E-state index in [1.165, 1.54) is 18.1 Å². The minimum Gasteiger partial charge on any atom is -0.501 e. The summed E-state index contributed by atoms with van der Waals surface area (Å²) in [6, 6.07) is 0. The Labute approximate surface area is 162 Å². The van der Waals surface area contributed by atoms with Gasteiger partial charge in [0.15, 0.2) is 0 Å². The molecule has 0 amide bonds. The number of esters is 1. The third-order valence-electron chi connectivity index (χ3n) is 8.40. The lowest BCUT2D eigenvalue weighted by Gasteiger charge is -2.56. The van der Waals surface area contributed by atoms with Crippen LogP contribution in [-0.2, 0) is 19.1 Å². The van der Waals surface area contributed by atoms with E-state index in [-0.39, 0.29) is 28.8 Å². The highest BCUT2D eigenvalue weighted by molar-refractivity contribution is 5.88. The quantitative estimate of drug-likeness (QED) is 0.665. The summed E-state index contributed by atoms with van der Waals surface area (Å²) in [7, 11) is 1.77. The van der Waals surface area contributed by atoms with E-state index in [9.17, 15) is 9.59 Å². The molecule has 0 bridgehead atoms.